The van der Waals surface area contributed by atoms with Gasteiger partial charge in [-0.05, 0) is 36.8 Å². The molecule has 9 nitrogen and oxygen atoms in total. The molecule has 0 aromatic heterocycles. The Kier molecular flexibility index (Phi) is 8.11. The van der Waals surface area contributed by atoms with E-state index < -0.39 is 16.8 Å². The van der Waals surface area contributed by atoms with Gasteiger partial charge in [0.2, 0.25) is 0 Å². The zero-order chi connectivity index (χ0) is 21.2. The van der Waals surface area contributed by atoms with Crippen molar-refractivity contribution >= 4 is 35.4 Å². The quantitative estimate of drug-likeness (QED) is 0.288. The second-order valence-corrected chi connectivity index (χ2v) is 6.11. The van der Waals surface area contributed by atoms with Gasteiger partial charge < -0.3 is 9.47 Å². The summed E-state index contributed by atoms with van der Waals surface area (Å²) in [5.41, 5.74) is 2.76. The average Bonchev–Trinajstić information content (AvgIpc) is 2.72. The third kappa shape index (κ3) is 6.89. The number of ether oxygens (including phenoxy) is 2. The van der Waals surface area contributed by atoms with Crippen LogP contribution in [0.3, 0.4) is 0 Å². The molecular weight excluding hydrogens is 402 g/mol. The zero-order valence-electron chi connectivity index (χ0n) is 15.5. The maximum Gasteiger partial charge on any atom is 0.338 e. The summed E-state index contributed by atoms with van der Waals surface area (Å²) in [5, 5.41) is 14.7. The Bertz CT molecular complexity index is 915. The first-order valence-electron chi connectivity index (χ1n) is 8.56. The van der Waals surface area contributed by atoms with Crippen molar-refractivity contribution in [1.29, 1.82) is 0 Å². The van der Waals surface area contributed by atoms with E-state index in [1.807, 2.05) is 6.92 Å². The summed E-state index contributed by atoms with van der Waals surface area (Å²) in [6, 6.07) is 10.0. The summed E-state index contributed by atoms with van der Waals surface area (Å²) < 4.78 is 10.3. The number of hydrazone groups is 1. The van der Waals surface area contributed by atoms with Gasteiger partial charge in [-0.25, -0.2) is 10.2 Å². The number of halogens is 1. The fraction of sp³-hybridized carbons (Fsp3) is 0.211. The molecule has 1 N–H and O–H groups in total. The van der Waals surface area contributed by atoms with Crippen LogP contribution in [-0.2, 0) is 9.53 Å². The molecule has 0 radical (unpaired) electrons. The summed E-state index contributed by atoms with van der Waals surface area (Å²) in [6.07, 6.45) is 1.93. The van der Waals surface area contributed by atoms with E-state index in [-0.39, 0.29) is 22.9 Å². The highest BCUT2D eigenvalue weighted by atomic mass is 35.5. The van der Waals surface area contributed by atoms with E-state index in [9.17, 15) is 19.7 Å². The lowest BCUT2D eigenvalue weighted by Gasteiger charge is -2.06. The number of amides is 1. The van der Waals surface area contributed by atoms with Crippen molar-refractivity contribution in [2.24, 2.45) is 5.10 Å². The molecule has 0 heterocycles. The van der Waals surface area contributed by atoms with Gasteiger partial charge in [-0.15, -0.1) is 0 Å². The summed E-state index contributed by atoms with van der Waals surface area (Å²) in [5.74, 6) is -0.586. The maximum atomic E-state index is 11.8. The molecule has 0 atom stereocenters. The summed E-state index contributed by atoms with van der Waals surface area (Å²) >= 11 is 5.94. The topological polar surface area (TPSA) is 120 Å². The number of carbonyl (C=O) groups excluding carboxylic acids is 2. The van der Waals surface area contributed by atoms with E-state index in [4.69, 9.17) is 21.1 Å². The maximum absolute atomic E-state index is 11.8. The lowest BCUT2D eigenvalue weighted by atomic mass is 10.2. The van der Waals surface area contributed by atoms with Gasteiger partial charge in [0.05, 0.1) is 23.3 Å². The van der Waals surface area contributed by atoms with Crippen LogP contribution in [0.2, 0.25) is 5.02 Å². The highest BCUT2D eigenvalue weighted by Gasteiger charge is 2.09. The van der Waals surface area contributed by atoms with E-state index in [2.05, 4.69) is 10.5 Å². The predicted molar refractivity (Wildman–Crippen MR) is 106 cm³/mol. The number of hydrogen-bond acceptors (Lipinski definition) is 7. The Morgan fingerprint density at radius 1 is 1.24 bits per heavy atom. The van der Waals surface area contributed by atoms with E-state index in [1.54, 1.807) is 12.1 Å². The Morgan fingerprint density at radius 3 is 2.62 bits per heavy atom. The number of esters is 1. The van der Waals surface area contributed by atoms with Gasteiger partial charge in [0.25, 0.3) is 11.6 Å². The molecule has 0 aliphatic carbocycles. The van der Waals surface area contributed by atoms with Crippen LogP contribution < -0.4 is 10.2 Å². The lowest BCUT2D eigenvalue weighted by molar-refractivity contribution is -0.384. The molecule has 0 bridgehead atoms. The smallest absolute Gasteiger partial charge is 0.338 e. The van der Waals surface area contributed by atoms with Gasteiger partial charge in [0, 0.05) is 22.7 Å². The van der Waals surface area contributed by atoms with E-state index >= 15 is 0 Å². The lowest BCUT2D eigenvalue weighted by Crippen LogP contribution is -2.24. The first-order valence-corrected chi connectivity index (χ1v) is 8.94. The van der Waals surface area contributed by atoms with Crippen molar-refractivity contribution in [2.45, 2.75) is 13.3 Å². The highest BCUT2D eigenvalue weighted by Crippen LogP contribution is 2.20. The van der Waals surface area contributed by atoms with E-state index in [1.165, 1.54) is 36.5 Å². The molecule has 152 valence electrons. The standard InChI is InChI=1S/C19H18ClN3O6/c1-2-9-28-19(25)13-3-6-16(7-4-13)29-12-18(24)22-21-11-14-10-15(23(26)27)5-8-17(14)20/h3-8,10-11H,2,9,12H2,1H3,(H,22,24). The Labute approximate surface area is 171 Å². The van der Waals surface area contributed by atoms with Crippen LogP contribution in [0.15, 0.2) is 47.6 Å². The second-order valence-electron chi connectivity index (χ2n) is 5.71. The van der Waals surface area contributed by atoms with Gasteiger partial charge >= 0.3 is 5.97 Å². The van der Waals surface area contributed by atoms with Crippen LogP contribution in [0.1, 0.15) is 29.3 Å². The first-order chi connectivity index (χ1) is 13.9. The fourth-order valence-electron chi connectivity index (χ4n) is 2.06. The van der Waals surface area contributed by atoms with Gasteiger partial charge in [0.1, 0.15) is 5.75 Å². The van der Waals surface area contributed by atoms with Crippen LogP contribution in [-0.4, -0.2) is 36.2 Å². The van der Waals surface area contributed by atoms with Crippen molar-refractivity contribution in [3.05, 3.63) is 68.7 Å². The van der Waals surface area contributed by atoms with Gasteiger partial charge in [0.15, 0.2) is 6.61 Å². The number of hydrogen-bond donors (Lipinski definition) is 1. The fourth-order valence-corrected chi connectivity index (χ4v) is 2.23. The number of non-ortho nitro benzene ring substituents is 1. The molecule has 0 saturated carbocycles. The Hall–Kier alpha value is -3.46. The first kappa shape index (κ1) is 21.8. The zero-order valence-corrected chi connectivity index (χ0v) is 16.2. The minimum atomic E-state index is -0.561. The van der Waals surface area contributed by atoms with Gasteiger partial charge in [-0.2, -0.15) is 5.10 Å². The van der Waals surface area contributed by atoms with Crippen LogP contribution in [0.5, 0.6) is 5.75 Å². The van der Waals surface area contributed by atoms with Crippen LogP contribution in [0.4, 0.5) is 5.69 Å². The minimum absolute atomic E-state index is 0.146. The third-order valence-corrected chi connectivity index (χ3v) is 3.82. The molecule has 0 aliphatic heterocycles. The molecule has 2 aromatic rings. The average molecular weight is 420 g/mol. The van der Waals surface area contributed by atoms with Gasteiger partial charge in [-0.1, -0.05) is 18.5 Å². The van der Waals surface area contributed by atoms with Crippen LogP contribution >= 0.6 is 11.6 Å². The summed E-state index contributed by atoms with van der Waals surface area (Å²) in [4.78, 5) is 33.7. The highest BCUT2D eigenvalue weighted by molar-refractivity contribution is 6.33. The SMILES string of the molecule is CCCOC(=O)c1ccc(OCC(=O)NN=Cc2cc([N+](=O)[O-])ccc2Cl)cc1. The number of carbonyl (C=O) groups is 2. The van der Waals surface area contributed by atoms with Crippen LogP contribution in [0.25, 0.3) is 0 Å². The molecule has 0 fully saturated rings. The van der Waals surface area contributed by atoms with E-state index in [0.717, 1.165) is 6.42 Å². The molecule has 0 spiro atoms. The molecule has 2 rings (SSSR count). The van der Waals surface area contributed by atoms with Crippen molar-refractivity contribution in [3.63, 3.8) is 0 Å². The molecule has 0 aliphatic rings. The normalized spacial score (nSPS) is 10.6. The molecule has 29 heavy (non-hydrogen) atoms. The number of nitrogens with zero attached hydrogens (tertiary/aromatic N) is 2. The summed E-state index contributed by atoms with van der Waals surface area (Å²) in [6.45, 7) is 1.93. The molecule has 0 saturated heterocycles. The van der Waals surface area contributed by atoms with Crippen molar-refractivity contribution in [3.8, 4) is 5.75 Å². The Balaban J connectivity index is 1.84. The van der Waals surface area contributed by atoms with Crippen molar-refractivity contribution < 1.29 is 24.0 Å². The monoisotopic (exact) mass is 419 g/mol. The number of nitro groups is 1. The van der Waals surface area contributed by atoms with Gasteiger partial charge in [-0.3, -0.25) is 14.9 Å². The summed E-state index contributed by atoms with van der Waals surface area (Å²) in [7, 11) is 0. The third-order valence-electron chi connectivity index (χ3n) is 3.48. The van der Waals surface area contributed by atoms with Crippen molar-refractivity contribution in [1.82, 2.24) is 5.43 Å². The molecular formula is C19H18ClN3O6. The largest absolute Gasteiger partial charge is 0.484 e. The molecule has 2 aromatic carbocycles. The Morgan fingerprint density at radius 2 is 1.97 bits per heavy atom. The minimum Gasteiger partial charge on any atom is -0.484 e. The number of nitrogens with one attached hydrogen (secondary N) is 1. The second kappa shape index (κ2) is 10.8. The predicted octanol–water partition coefficient (Wildman–Crippen LogP) is 3.34. The molecule has 10 heteroatoms. The molecule has 0 unspecified atom stereocenters. The number of rotatable bonds is 9. The van der Waals surface area contributed by atoms with Crippen LogP contribution in [0, 0.1) is 10.1 Å². The van der Waals surface area contributed by atoms with E-state index in [0.29, 0.717) is 17.9 Å². The number of benzene rings is 2. The number of nitro benzene ring substituents is 1. The molecule has 1 amide bonds. The van der Waals surface area contributed by atoms with Crippen molar-refractivity contribution in [2.75, 3.05) is 13.2 Å².